The lowest BCUT2D eigenvalue weighted by Crippen LogP contribution is -2.43. The summed E-state index contributed by atoms with van der Waals surface area (Å²) in [5, 5.41) is 9.13. The molecule has 6 nitrogen and oxygen atoms in total. The number of carboxylic acids is 1. The number of hydrogen-bond donors (Lipinski definition) is 1. The predicted octanol–water partition coefficient (Wildman–Crippen LogP) is 1.49. The normalized spacial score (nSPS) is 24.8. The SMILES string of the molecule is [2H]CCO[C@H]1C[C@@H](C(=O)O)N(C(=O)OC(C)(C)C)C1. The van der Waals surface area contributed by atoms with Crippen LogP contribution in [-0.4, -0.2) is 53.0 Å². The van der Waals surface area contributed by atoms with Crippen molar-refractivity contribution in [3.63, 3.8) is 0 Å². The van der Waals surface area contributed by atoms with Gasteiger partial charge in [0.15, 0.2) is 0 Å². The van der Waals surface area contributed by atoms with Gasteiger partial charge in [0.25, 0.3) is 0 Å². The maximum absolute atomic E-state index is 11.9. The fourth-order valence-electron chi connectivity index (χ4n) is 1.84. The molecule has 0 aliphatic carbocycles. The van der Waals surface area contributed by atoms with Gasteiger partial charge in [-0.05, 0) is 27.7 Å². The molecule has 104 valence electrons. The second-order valence-electron chi connectivity index (χ2n) is 5.22. The monoisotopic (exact) mass is 260 g/mol. The van der Waals surface area contributed by atoms with E-state index < -0.39 is 23.7 Å². The lowest BCUT2D eigenvalue weighted by Gasteiger charge is -2.26. The first-order valence-electron chi connectivity index (χ1n) is 6.58. The van der Waals surface area contributed by atoms with Gasteiger partial charge in [0, 0.05) is 14.4 Å². The number of amides is 1. The molecule has 1 rings (SSSR count). The van der Waals surface area contributed by atoms with E-state index in [0.29, 0.717) is 0 Å². The summed E-state index contributed by atoms with van der Waals surface area (Å²) in [6.45, 7) is 5.71. The summed E-state index contributed by atoms with van der Waals surface area (Å²) in [4.78, 5) is 24.3. The van der Waals surface area contributed by atoms with Crippen molar-refractivity contribution in [3.8, 4) is 0 Å². The molecule has 18 heavy (non-hydrogen) atoms. The van der Waals surface area contributed by atoms with Gasteiger partial charge in [-0.25, -0.2) is 9.59 Å². The molecule has 0 aromatic heterocycles. The Morgan fingerprint density at radius 1 is 1.50 bits per heavy atom. The topological polar surface area (TPSA) is 76.1 Å². The Hall–Kier alpha value is -1.30. The Balaban J connectivity index is 2.68. The van der Waals surface area contributed by atoms with Gasteiger partial charge in [0.05, 0.1) is 12.6 Å². The van der Waals surface area contributed by atoms with E-state index in [4.69, 9.17) is 16.0 Å². The zero-order valence-corrected chi connectivity index (χ0v) is 11.0. The van der Waals surface area contributed by atoms with Gasteiger partial charge in [-0.15, -0.1) is 0 Å². The molecular formula is C12H21NO5. The summed E-state index contributed by atoms with van der Waals surface area (Å²) < 4.78 is 17.5. The van der Waals surface area contributed by atoms with Crippen molar-refractivity contribution in [1.29, 1.82) is 0 Å². The van der Waals surface area contributed by atoms with Crippen LogP contribution in [0.1, 0.15) is 35.5 Å². The van der Waals surface area contributed by atoms with Gasteiger partial charge < -0.3 is 14.6 Å². The molecule has 1 amide bonds. The first-order chi connectivity index (χ1) is 8.74. The van der Waals surface area contributed by atoms with Crippen LogP contribution in [0.15, 0.2) is 0 Å². The number of hydrogen-bond acceptors (Lipinski definition) is 4. The van der Waals surface area contributed by atoms with Gasteiger partial charge in [0.1, 0.15) is 11.6 Å². The number of likely N-dealkylation sites (tertiary alicyclic amines) is 1. The summed E-state index contributed by atoms with van der Waals surface area (Å²) in [5.74, 6) is -1.07. The van der Waals surface area contributed by atoms with Crippen molar-refractivity contribution >= 4 is 12.1 Å². The minimum atomic E-state index is -1.07. The van der Waals surface area contributed by atoms with E-state index in [1.807, 2.05) is 0 Å². The summed E-state index contributed by atoms with van der Waals surface area (Å²) in [6.07, 6.45) is -0.759. The molecule has 1 aliphatic heterocycles. The van der Waals surface area contributed by atoms with Crippen LogP contribution < -0.4 is 0 Å². The molecule has 0 aromatic rings. The molecule has 0 bridgehead atoms. The fraction of sp³-hybridized carbons (Fsp3) is 0.833. The summed E-state index contributed by atoms with van der Waals surface area (Å²) in [6, 6.07) is -0.925. The number of carboxylic acid groups (broad SMARTS) is 1. The Bertz CT molecular complexity index is 342. The Kier molecular flexibility index (Phi) is 4.06. The molecule has 0 unspecified atom stereocenters. The van der Waals surface area contributed by atoms with Gasteiger partial charge in [0.2, 0.25) is 0 Å². The van der Waals surface area contributed by atoms with Gasteiger partial charge in [-0.2, -0.15) is 0 Å². The highest BCUT2D eigenvalue weighted by Crippen LogP contribution is 2.23. The van der Waals surface area contributed by atoms with Crippen molar-refractivity contribution in [2.75, 3.05) is 13.2 Å². The molecule has 2 atom stereocenters. The number of carbonyl (C=O) groups excluding carboxylic acids is 1. The van der Waals surface area contributed by atoms with Gasteiger partial charge >= 0.3 is 12.1 Å². The third kappa shape index (κ3) is 3.87. The largest absolute Gasteiger partial charge is 0.480 e. The minimum absolute atomic E-state index is 0.112. The summed E-state index contributed by atoms with van der Waals surface area (Å²) in [5.41, 5.74) is -0.666. The van der Waals surface area contributed by atoms with Crippen LogP contribution in [0.25, 0.3) is 0 Å². The van der Waals surface area contributed by atoms with E-state index in [9.17, 15) is 9.59 Å². The van der Waals surface area contributed by atoms with E-state index in [-0.39, 0.29) is 32.6 Å². The molecule has 6 heteroatoms. The molecule has 0 radical (unpaired) electrons. The average Bonchev–Trinajstić information content (AvgIpc) is 2.68. The molecule has 0 spiro atoms. The van der Waals surface area contributed by atoms with E-state index >= 15 is 0 Å². The van der Waals surface area contributed by atoms with Crippen LogP contribution in [-0.2, 0) is 14.3 Å². The van der Waals surface area contributed by atoms with Crippen LogP contribution in [0.2, 0.25) is 0 Å². The quantitative estimate of drug-likeness (QED) is 0.832. The molecule has 1 fully saturated rings. The maximum atomic E-state index is 11.9. The third-order valence-electron chi connectivity index (χ3n) is 2.53. The van der Waals surface area contributed by atoms with Crippen molar-refractivity contribution in [3.05, 3.63) is 0 Å². The lowest BCUT2D eigenvalue weighted by molar-refractivity contribution is -0.142. The molecule has 1 heterocycles. The van der Waals surface area contributed by atoms with Gasteiger partial charge in [-0.3, -0.25) is 4.90 Å². The van der Waals surface area contributed by atoms with Crippen molar-refractivity contribution in [1.82, 2.24) is 4.90 Å². The Morgan fingerprint density at radius 3 is 2.67 bits per heavy atom. The molecule has 1 aliphatic rings. The molecule has 1 saturated heterocycles. The van der Waals surface area contributed by atoms with Crippen LogP contribution in [0.5, 0.6) is 0 Å². The van der Waals surface area contributed by atoms with Crippen molar-refractivity contribution in [2.24, 2.45) is 0 Å². The highest BCUT2D eigenvalue weighted by Gasteiger charge is 2.41. The molecular weight excluding hydrogens is 238 g/mol. The zero-order valence-electron chi connectivity index (χ0n) is 12.0. The number of rotatable bonds is 3. The van der Waals surface area contributed by atoms with Crippen molar-refractivity contribution < 1.29 is 25.5 Å². The highest BCUT2D eigenvalue weighted by atomic mass is 16.6. The number of carbonyl (C=O) groups is 2. The van der Waals surface area contributed by atoms with Crippen LogP contribution in [0.3, 0.4) is 0 Å². The van der Waals surface area contributed by atoms with E-state index in [1.54, 1.807) is 20.8 Å². The first-order valence-corrected chi connectivity index (χ1v) is 5.88. The summed E-state index contributed by atoms with van der Waals surface area (Å²) in [7, 11) is 0. The number of ether oxygens (including phenoxy) is 2. The summed E-state index contributed by atoms with van der Waals surface area (Å²) >= 11 is 0. The number of aliphatic carboxylic acids is 1. The predicted molar refractivity (Wildman–Crippen MR) is 64.4 cm³/mol. The molecule has 1 N–H and O–H groups in total. The van der Waals surface area contributed by atoms with Crippen LogP contribution >= 0.6 is 0 Å². The third-order valence-corrected chi connectivity index (χ3v) is 2.53. The van der Waals surface area contributed by atoms with E-state index in [1.165, 1.54) is 4.90 Å². The second-order valence-corrected chi connectivity index (χ2v) is 5.22. The maximum Gasteiger partial charge on any atom is 0.411 e. The van der Waals surface area contributed by atoms with Crippen molar-refractivity contribution in [2.45, 2.75) is 51.8 Å². The molecule has 0 aromatic carbocycles. The average molecular weight is 260 g/mol. The minimum Gasteiger partial charge on any atom is -0.480 e. The van der Waals surface area contributed by atoms with Crippen LogP contribution in [0, 0.1) is 0 Å². The Labute approximate surface area is 108 Å². The van der Waals surface area contributed by atoms with E-state index in [2.05, 4.69) is 0 Å². The number of nitrogens with zero attached hydrogens (tertiary/aromatic N) is 1. The van der Waals surface area contributed by atoms with E-state index in [0.717, 1.165) is 0 Å². The van der Waals surface area contributed by atoms with Gasteiger partial charge in [-0.1, -0.05) is 0 Å². The fourth-order valence-corrected chi connectivity index (χ4v) is 1.84. The molecule has 0 saturated carbocycles. The zero-order chi connectivity index (χ0) is 14.6. The highest BCUT2D eigenvalue weighted by molar-refractivity contribution is 5.81. The lowest BCUT2D eigenvalue weighted by atomic mass is 10.2. The van der Waals surface area contributed by atoms with Crippen LogP contribution in [0.4, 0.5) is 4.79 Å². The first kappa shape index (κ1) is 13.1. The standard InChI is InChI=1S/C12H21NO5/c1-5-17-8-6-9(10(14)15)13(7-8)11(16)18-12(2,3)4/h8-9H,5-7H2,1-4H3,(H,14,15)/t8-,9-/m0/s1/i1D. The second kappa shape index (κ2) is 5.56. The smallest absolute Gasteiger partial charge is 0.411 e. The Morgan fingerprint density at radius 2 is 2.17 bits per heavy atom.